The van der Waals surface area contributed by atoms with Gasteiger partial charge in [0.15, 0.2) is 0 Å². The first-order valence-corrected chi connectivity index (χ1v) is 7.14. The van der Waals surface area contributed by atoms with E-state index in [1.807, 2.05) is 24.3 Å². The molecule has 2 aromatic carbocycles. The van der Waals surface area contributed by atoms with Gasteiger partial charge >= 0.3 is 0 Å². The zero-order valence-electron chi connectivity index (χ0n) is 10.8. The lowest BCUT2D eigenvalue weighted by molar-refractivity contribution is -0.115. The molecule has 0 aliphatic carbocycles. The van der Waals surface area contributed by atoms with Crippen LogP contribution in [0, 0.1) is 0 Å². The van der Waals surface area contributed by atoms with Crippen molar-refractivity contribution in [3.05, 3.63) is 57.5 Å². The number of carbonyl (C=O) groups excluding carboxylic acids is 1. The SMILES string of the molecule is COc1ccccc1CC(=O)Nc1ccc(Br)c(Cl)c1. The topological polar surface area (TPSA) is 38.3 Å². The Bertz CT molecular complexity index is 631. The summed E-state index contributed by atoms with van der Waals surface area (Å²) in [5, 5.41) is 3.37. The van der Waals surface area contributed by atoms with Crippen LogP contribution in [0.4, 0.5) is 5.69 Å². The summed E-state index contributed by atoms with van der Waals surface area (Å²) in [5.74, 6) is 0.587. The first-order chi connectivity index (χ1) is 9.60. The molecule has 0 radical (unpaired) electrons. The van der Waals surface area contributed by atoms with Crippen molar-refractivity contribution in [3.63, 3.8) is 0 Å². The van der Waals surface area contributed by atoms with Crippen LogP contribution in [-0.2, 0) is 11.2 Å². The molecule has 0 unspecified atom stereocenters. The number of para-hydroxylation sites is 1. The monoisotopic (exact) mass is 353 g/mol. The summed E-state index contributed by atoms with van der Waals surface area (Å²) in [6, 6.07) is 12.7. The van der Waals surface area contributed by atoms with Gasteiger partial charge in [0.05, 0.1) is 18.6 Å². The molecule has 0 heterocycles. The summed E-state index contributed by atoms with van der Waals surface area (Å²) in [6.07, 6.45) is 0.248. The molecule has 2 aromatic rings. The third-order valence-corrected chi connectivity index (χ3v) is 3.98. The number of ether oxygens (including phenoxy) is 1. The van der Waals surface area contributed by atoms with Crippen molar-refractivity contribution < 1.29 is 9.53 Å². The standard InChI is InChI=1S/C15H13BrClNO2/c1-20-14-5-3-2-4-10(14)8-15(19)18-11-6-7-12(16)13(17)9-11/h2-7,9H,8H2,1H3,(H,18,19). The van der Waals surface area contributed by atoms with Gasteiger partial charge in [-0.25, -0.2) is 0 Å². The average molecular weight is 355 g/mol. The lowest BCUT2D eigenvalue weighted by Gasteiger charge is -2.09. The van der Waals surface area contributed by atoms with Gasteiger partial charge in [0, 0.05) is 15.7 Å². The van der Waals surface area contributed by atoms with Gasteiger partial charge in [-0.1, -0.05) is 29.8 Å². The molecule has 0 aliphatic rings. The number of carbonyl (C=O) groups is 1. The second-order valence-electron chi connectivity index (χ2n) is 4.17. The Morgan fingerprint density at radius 2 is 2.05 bits per heavy atom. The number of amides is 1. The molecule has 0 bridgehead atoms. The number of methoxy groups -OCH3 is 1. The van der Waals surface area contributed by atoms with Crippen molar-refractivity contribution in [2.75, 3.05) is 12.4 Å². The zero-order chi connectivity index (χ0) is 14.5. The van der Waals surface area contributed by atoms with Crippen LogP contribution >= 0.6 is 27.5 Å². The van der Waals surface area contributed by atoms with Gasteiger partial charge in [-0.2, -0.15) is 0 Å². The summed E-state index contributed by atoms with van der Waals surface area (Å²) >= 11 is 9.29. The van der Waals surface area contributed by atoms with Gasteiger partial charge < -0.3 is 10.1 Å². The molecule has 1 N–H and O–H groups in total. The Hall–Kier alpha value is -1.52. The molecule has 0 aliphatic heterocycles. The fraction of sp³-hybridized carbons (Fsp3) is 0.133. The Balaban J connectivity index is 2.07. The number of hydrogen-bond acceptors (Lipinski definition) is 2. The maximum absolute atomic E-state index is 12.0. The Morgan fingerprint density at radius 1 is 1.30 bits per heavy atom. The Kier molecular flexibility index (Phi) is 5.04. The molecular formula is C15H13BrClNO2. The summed E-state index contributed by atoms with van der Waals surface area (Å²) in [4.78, 5) is 12.0. The predicted octanol–water partition coefficient (Wildman–Crippen LogP) is 4.29. The van der Waals surface area contributed by atoms with E-state index in [0.29, 0.717) is 16.5 Å². The molecule has 0 saturated heterocycles. The van der Waals surface area contributed by atoms with Crippen LogP contribution in [0.15, 0.2) is 46.9 Å². The summed E-state index contributed by atoms with van der Waals surface area (Å²) in [7, 11) is 1.59. The highest BCUT2D eigenvalue weighted by Gasteiger charge is 2.09. The summed E-state index contributed by atoms with van der Waals surface area (Å²) in [6.45, 7) is 0. The fourth-order valence-electron chi connectivity index (χ4n) is 1.80. The Morgan fingerprint density at radius 3 is 2.75 bits per heavy atom. The van der Waals surface area contributed by atoms with E-state index in [4.69, 9.17) is 16.3 Å². The fourth-order valence-corrected chi connectivity index (χ4v) is 2.23. The van der Waals surface area contributed by atoms with Crippen LogP contribution in [0.1, 0.15) is 5.56 Å². The smallest absolute Gasteiger partial charge is 0.228 e. The van der Waals surface area contributed by atoms with Gasteiger partial charge in [0.1, 0.15) is 5.75 Å². The molecule has 0 spiro atoms. The maximum Gasteiger partial charge on any atom is 0.228 e. The van der Waals surface area contributed by atoms with Gasteiger partial charge in [-0.15, -0.1) is 0 Å². The highest BCUT2D eigenvalue weighted by molar-refractivity contribution is 9.10. The van der Waals surface area contributed by atoms with Gasteiger partial charge in [-0.05, 0) is 40.2 Å². The third-order valence-electron chi connectivity index (χ3n) is 2.75. The second kappa shape index (κ2) is 6.77. The first kappa shape index (κ1) is 14.9. The predicted molar refractivity (Wildman–Crippen MR) is 84.5 cm³/mol. The number of benzene rings is 2. The molecule has 0 atom stereocenters. The largest absolute Gasteiger partial charge is 0.496 e. The van der Waals surface area contributed by atoms with Crippen molar-refractivity contribution in [1.29, 1.82) is 0 Å². The molecule has 0 aromatic heterocycles. The number of anilines is 1. The normalized spacial score (nSPS) is 10.2. The molecule has 3 nitrogen and oxygen atoms in total. The average Bonchev–Trinajstić information content (AvgIpc) is 2.43. The maximum atomic E-state index is 12.0. The molecular weight excluding hydrogens is 342 g/mol. The molecule has 5 heteroatoms. The lowest BCUT2D eigenvalue weighted by Crippen LogP contribution is -2.14. The minimum Gasteiger partial charge on any atom is -0.496 e. The number of nitrogens with one attached hydrogen (secondary N) is 1. The molecule has 20 heavy (non-hydrogen) atoms. The van der Waals surface area contributed by atoms with Crippen molar-refractivity contribution in [1.82, 2.24) is 0 Å². The van der Waals surface area contributed by atoms with Crippen LogP contribution in [0.25, 0.3) is 0 Å². The van der Waals surface area contributed by atoms with E-state index in [1.165, 1.54) is 0 Å². The number of halogens is 2. The highest BCUT2D eigenvalue weighted by atomic mass is 79.9. The van der Waals surface area contributed by atoms with E-state index in [2.05, 4.69) is 21.2 Å². The number of rotatable bonds is 4. The quantitative estimate of drug-likeness (QED) is 0.889. The van der Waals surface area contributed by atoms with Gasteiger partial charge in [-0.3, -0.25) is 4.79 Å². The first-order valence-electron chi connectivity index (χ1n) is 5.97. The Labute approximate surface area is 131 Å². The van der Waals surface area contributed by atoms with Gasteiger partial charge in [0.2, 0.25) is 5.91 Å². The van der Waals surface area contributed by atoms with Crippen LogP contribution < -0.4 is 10.1 Å². The molecule has 1 amide bonds. The minimum atomic E-state index is -0.118. The van der Waals surface area contributed by atoms with Crippen LogP contribution in [0.5, 0.6) is 5.75 Å². The van der Waals surface area contributed by atoms with E-state index < -0.39 is 0 Å². The van der Waals surface area contributed by atoms with E-state index in [-0.39, 0.29) is 12.3 Å². The van der Waals surface area contributed by atoms with Crippen LogP contribution in [-0.4, -0.2) is 13.0 Å². The van der Waals surface area contributed by atoms with Crippen molar-refractivity contribution in [2.24, 2.45) is 0 Å². The van der Waals surface area contributed by atoms with Crippen molar-refractivity contribution in [2.45, 2.75) is 6.42 Å². The van der Waals surface area contributed by atoms with Crippen LogP contribution in [0.3, 0.4) is 0 Å². The third kappa shape index (κ3) is 3.74. The summed E-state index contributed by atoms with van der Waals surface area (Å²) < 4.78 is 6.02. The lowest BCUT2D eigenvalue weighted by atomic mass is 10.1. The molecule has 0 fully saturated rings. The number of hydrogen-bond donors (Lipinski definition) is 1. The van der Waals surface area contributed by atoms with Crippen molar-refractivity contribution >= 4 is 39.1 Å². The zero-order valence-corrected chi connectivity index (χ0v) is 13.2. The molecule has 104 valence electrons. The minimum absolute atomic E-state index is 0.118. The molecule has 2 rings (SSSR count). The highest BCUT2D eigenvalue weighted by Crippen LogP contribution is 2.26. The van der Waals surface area contributed by atoms with E-state index in [1.54, 1.807) is 25.3 Å². The second-order valence-corrected chi connectivity index (χ2v) is 5.43. The molecule has 0 saturated carbocycles. The van der Waals surface area contributed by atoms with E-state index in [9.17, 15) is 4.79 Å². The summed E-state index contributed by atoms with van der Waals surface area (Å²) in [5.41, 5.74) is 1.51. The van der Waals surface area contributed by atoms with E-state index in [0.717, 1.165) is 10.0 Å². The van der Waals surface area contributed by atoms with E-state index >= 15 is 0 Å². The van der Waals surface area contributed by atoms with Gasteiger partial charge in [0.25, 0.3) is 0 Å². The van der Waals surface area contributed by atoms with Crippen LogP contribution in [0.2, 0.25) is 5.02 Å². The van der Waals surface area contributed by atoms with Crippen molar-refractivity contribution in [3.8, 4) is 5.75 Å².